The molecule has 3 aromatic carbocycles. The lowest BCUT2D eigenvalue weighted by molar-refractivity contribution is -0.122. The molecule has 3 aromatic rings. The molecule has 1 saturated heterocycles. The quantitative estimate of drug-likeness (QED) is 0.472. The summed E-state index contributed by atoms with van der Waals surface area (Å²) in [5, 5.41) is 0. The molecule has 1 heterocycles. The summed E-state index contributed by atoms with van der Waals surface area (Å²) in [6, 6.07) is 23.7. The minimum absolute atomic E-state index is 0.0823. The summed E-state index contributed by atoms with van der Waals surface area (Å²) < 4.78 is 0. The fourth-order valence-electron chi connectivity index (χ4n) is 5.56. The predicted molar refractivity (Wildman–Crippen MR) is 108 cm³/mol. The van der Waals surface area contributed by atoms with Gasteiger partial charge in [0, 0.05) is 17.5 Å². The number of benzene rings is 3. The first-order valence-corrected chi connectivity index (χ1v) is 9.91. The van der Waals surface area contributed by atoms with Crippen LogP contribution in [0.3, 0.4) is 0 Å². The lowest BCUT2D eigenvalue weighted by Gasteiger charge is -2.45. The van der Waals surface area contributed by atoms with Crippen LogP contribution in [0.4, 0.5) is 5.69 Å². The Morgan fingerprint density at radius 2 is 1.00 bits per heavy atom. The summed E-state index contributed by atoms with van der Waals surface area (Å²) in [6.45, 7) is 0. The summed E-state index contributed by atoms with van der Waals surface area (Å²) >= 11 is 5.43. The maximum Gasteiger partial charge on any atom is 0.238 e. The van der Waals surface area contributed by atoms with Gasteiger partial charge in [0.1, 0.15) is 0 Å². The van der Waals surface area contributed by atoms with Crippen molar-refractivity contribution in [1.82, 2.24) is 0 Å². The van der Waals surface area contributed by atoms with Gasteiger partial charge in [0.15, 0.2) is 0 Å². The largest absolute Gasteiger partial charge is 0.778 e. The van der Waals surface area contributed by atoms with Crippen LogP contribution in [0.15, 0.2) is 77.7 Å². The smallest absolute Gasteiger partial charge is 0.238 e. The molecule has 4 heteroatoms. The first kappa shape index (κ1) is 16.0. The average Bonchev–Trinajstić information content (AvgIpc) is 2.99. The van der Waals surface area contributed by atoms with Crippen LogP contribution in [0.5, 0.6) is 0 Å². The highest BCUT2D eigenvalue weighted by atomic mass is 32.1. The molecule has 3 aliphatic carbocycles. The average molecular weight is 382 g/mol. The molecule has 2 atom stereocenters. The molecule has 0 aromatic heterocycles. The van der Waals surface area contributed by atoms with Crippen molar-refractivity contribution in [1.29, 1.82) is 0 Å². The molecule has 1 aliphatic heterocycles. The number of hydrogen-bond donors (Lipinski definition) is 0. The molecular formula is C24H16NO2S-. The Kier molecular flexibility index (Phi) is 3.16. The molecular weight excluding hydrogens is 366 g/mol. The first-order valence-electron chi connectivity index (χ1n) is 9.50. The molecule has 0 unspecified atom stereocenters. The van der Waals surface area contributed by atoms with Crippen LogP contribution >= 0.6 is 0 Å². The fraction of sp³-hybridized carbons (Fsp3) is 0.167. The minimum Gasteiger partial charge on any atom is -0.778 e. The molecule has 2 amide bonds. The number of carbonyl (C=O) groups excluding carboxylic acids is 2. The van der Waals surface area contributed by atoms with E-state index < -0.39 is 0 Å². The standard InChI is InChI=1S/C24H17NO2S/c26-23-21-19-13-7-1-2-8-14(13)20(16-10-4-3-9-15(16)19)22(21)24(27)25(23)17-11-5-6-12-18(17)28/h1-12,19-22,28H/p-1/t19?,20?,21-,22-/m0/s1. The molecule has 0 spiro atoms. The van der Waals surface area contributed by atoms with E-state index in [0.29, 0.717) is 10.6 Å². The Morgan fingerprint density at radius 1 is 0.607 bits per heavy atom. The number of imide groups is 1. The van der Waals surface area contributed by atoms with Crippen molar-refractivity contribution in [3.63, 3.8) is 0 Å². The molecule has 7 rings (SSSR count). The number of nitrogens with zero attached hydrogens (tertiary/aromatic N) is 1. The normalized spacial score (nSPS) is 26.8. The lowest BCUT2D eigenvalue weighted by atomic mass is 9.55. The molecule has 28 heavy (non-hydrogen) atoms. The van der Waals surface area contributed by atoms with Crippen LogP contribution < -0.4 is 4.90 Å². The molecule has 2 bridgehead atoms. The maximum atomic E-state index is 13.6. The predicted octanol–water partition coefficient (Wildman–Crippen LogP) is 3.99. The summed E-state index contributed by atoms with van der Waals surface area (Å²) in [5.74, 6) is -1.13. The van der Waals surface area contributed by atoms with E-state index in [1.165, 1.54) is 27.2 Å². The van der Waals surface area contributed by atoms with E-state index in [2.05, 4.69) is 24.3 Å². The van der Waals surface area contributed by atoms with Crippen LogP contribution in [-0.4, -0.2) is 11.8 Å². The number of amides is 2. The van der Waals surface area contributed by atoms with E-state index in [-0.39, 0.29) is 35.5 Å². The van der Waals surface area contributed by atoms with Crippen molar-refractivity contribution in [3.05, 3.63) is 95.1 Å². The van der Waals surface area contributed by atoms with Crippen LogP contribution in [0, 0.1) is 11.8 Å². The summed E-state index contributed by atoms with van der Waals surface area (Å²) in [4.78, 5) is 29.0. The Morgan fingerprint density at radius 3 is 1.43 bits per heavy atom. The van der Waals surface area contributed by atoms with Gasteiger partial charge in [0.05, 0.1) is 11.8 Å². The van der Waals surface area contributed by atoms with Gasteiger partial charge in [-0.3, -0.25) is 14.5 Å². The Hall–Kier alpha value is -2.98. The van der Waals surface area contributed by atoms with Gasteiger partial charge in [0.2, 0.25) is 11.8 Å². The second-order valence-electron chi connectivity index (χ2n) is 7.74. The van der Waals surface area contributed by atoms with E-state index in [4.69, 9.17) is 12.6 Å². The van der Waals surface area contributed by atoms with Crippen molar-refractivity contribution < 1.29 is 9.59 Å². The van der Waals surface area contributed by atoms with E-state index in [9.17, 15) is 9.59 Å². The lowest BCUT2D eigenvalue weighted by Crippen LogP contribution is -2.41. The first-order chi connectivity index (χ1) is 13.7. The second kappa shape index (κ2) is 5.52. The SMILES string of the molecule is O=C1[C@H]2C3c4ccccc4C(c4ccccc43)[C@@H]2C(=O)N1c1ccccc1[S-]. The Labute approximate surface area is 168 Å². The molecule has 1 fully saturated rings. The monoisotopic (exact) mass is 382 g/mol. The van der Waals surface area contributed by atoms with Gasteiger partial charge in [0.25, 0.3) is 0 Å². The molecule has 4 aliphatic rings. The van der Waals surface area contributed by atoms with Gasteiger partial charge in [-0.25, -0.2) is 0 Å². The van der Waals surface area contributed by atoms with Gasteiger partial charge in [-0.2, -0.15) is 4.90 Å². The highest BCUT2D eigenvalue weighted by Crippen LogP contribution is 2.61. The number of carbonyl (C=O) groups is 2. The third kappa shape index (κ3) is 1.83. The summed E-state index contributed by atoms with van der Waals surface area (Å²) in [6.07, 6.45) is 0. The van der Waals surface area contributed by atoms with Crippen molar-refractivity contribution in [3.8, 4) is 0 Å². The van der Waals surface area contributed by atoms with Gasteiger partial charge in [-0.15, -0.1) is 0 Å². The Balaban J connectivity index is 1.59. The highest BCUT2D eigenvalue weighted by molar-refractivity contribution is 7.59. The highest BCUT2D eigenvalue weighted by Gasteiger charge is 2.61. The number of rotatable bonds is 1. The van der Waals surface area contributed by atoms with Gasteiger partial charge in [-0.1, -0.05) is 66.7 Å². The number of para-hydroxylation sites is 1. The van der Waals surface area contributed by atoms with E-state index >= 15 is 0 Å². The van der Waals surface area contributed by atoms with Gasteiger partial charge >= 0.3 is 0 Å². The van der Waals surface area contributed by atoms with Crippen LogP contribution in [-0.2, 0) is 22.2 Å². The zero-order chi connectivity index (χ0) is 19.0. The Bertz CT molecular complexity index is 1060. The number of hydrogen-bond acceptors (Lipinski definition) is 3. The minimum atomic E-state index is -0.364. The van der Waals surface area contributed by atoms with Crippen molar-refractivity contribution >= 4 is 30.1 Å². The second-order valence-corrected chi connectivity index (χ2v) is 8.18. The van der Waals surface area contributed by atoms with Gasteiger partial charge < -0.3 is 12.6 Å². The molecule has 0 N–H and O–H groups in total. The zero-order valence-corrected chi connectivity index (χ0v) is 15.7. The third-order valence-corrected chi connectivity index (χ3v) is 6.90. The molecule has 0 radical (unpaired) electrons. The number of anilines is 1. The van der Waals surface area contributed by atoms with Crippen LogP contribution in [0.2, 0.25) is 0 Å². The molecule has 0 saturated carbocycles. The van der Waals surface area contributed by atoms with E-state index in [1.807, 2.05) is 36.4 Å². The molecule has 3 nitrogen and oxygen atoms in total. The zero-order valence-electron chi connectivity index (χ0n) is 14.9. The third-order valence-electron chi connectivity index (χ3n) is 6.55. The summed E-state index contributed by atoms with van der Waals surface area (Å²) in [7, 11) is 0. The molecule has 136 valence electrons. The van der Waals surface area contributed by atoms with E-state index in [0.717, 1.165) is 0 Å². The van der Waals surface area contributed by atoms with Crippen molar-refractivity contribution in [2.24, 2.45) is 11.8 Å². The van der Waals surface area contributed by atoms with Crippen molar-refractivity contribution in [2.75, 3.05) is 4.90 Å². The fourth-order valence-corrected chi connectivity index (χ4v) is 5.79. The maximum absolute atomic E-state index is 13.6. The van der Waals surface area contributed by atoms with Crippen molar-refractivity contribution in [2.45, 2.75) is 16.7 Å². The summed E-state index contributed by atoms with van der Waals surface area (Å²) in [5.41, 5.74) is 5.27. The van der Waals surface area contributed by atoms with Crippen LogP contribution in [0.1, 0.15) is 34.1 Å². The van der Waals surface area contributed by atoms with Gasteiger partial charge in [-0.05, 0) is 28.3 Å². The van der Waals surface area contributed by atoms with Crippen LogP contribution in [0.25, 0.3) is 0 Å². The topological polar surface area (TPSA) is 37.4 Å². The van der Waals surface area contributed by atoms with E-state index in [1.54, 1.807) is 12.1 Å².